The van der Waals surface area contributed by atoms with Crippen molar-refractivity contribution in [2.45, 2.75) is 26.8 Å². The van der Waals surface area contributed by atoms with Gasteiger partial charge in [0.2, 0.25) is 5.91 Å². The molecule has 0 saturated heterocycles. The largest absolute Gasteiger partial charge is 0.352 e. The zero-order valence-electron chi connectivity index (χ0n) is 12.9. The van der Waals surface area contributed by atoms with E-state index in [2.05, 4.69) is 10.3 Å². The summed E-state index contributed by atoms with van der Waals surface area (Å²) in [5, 5.41) is 3.39. The molecule has 1 heterocycles. The van der Waals surface area contributed by atoms with Crippen LogP contribution in [0.25, 0.3) is 10.9 Å². The summed E-state index contributed by atoms with van der Waals surface area (Å²) in [7, 11) is 0. The van der Waals surface area contributed by atoms with E-state index in [1.54, 1.807) is 12.1 Å². The molecule has 0 unspecified atom stereocenters. The topological polar surface area (TPSA) is 65.2 Å². The molecule has 0 atom stereocenters. The maximum atomic E-state index is 13.2. The lowest BCUT2D eigenvalue weighted by Crippen LogP contribution is -2.42. The molecule has 0 aliphatic heterocycles. The van der Waals surface area contributed by atoms with Crippen molar-refractivity contribution in [3.05, 3.63) is 35.8 Å². The van der Waals surface area contributed by atoms with E-state index in [-0.39, 0.29) is 30.2 Å². The van der Waals surface area contributed by atoms with Gasteiger partial charge in [-0.05, 0) is 45.0 Å². The summed E-state index contributed by atoms with van der Waals surface area (Å²) in [5.41, 5.74) is 1.03. The summed E-state index contributed by atoms with van der Waals surface area (Å²) in [5.74, 6) is -0.834. The number of nitrogens with zero attached hydrogens (tertiary/aromatic N) is 1. The zero-order valence-corrected chi connectivity index (χ0v) is 12.9. The number of H-pyrrole nitrogens is 1. The molecule has 22 heavy (non-hydrogen) atoms. The number of benzene rings is 1. The molecule has 0 saturated carbocycles. The Bertz CT molecular complexity index is 694. The van der Waals surface area contributed by atoms with Gasteiger partial charge in [0.1, 0.15) is 11.5 Å². The number of carbonyl (C=O) groups excluding carboxylic acids is 2. The van der Waals surface area contributed by atoms with Crippen LogP contribution < -0.4 is 5.32 Å². The van der Waals surface area contributed by atoms with Crippen LogP contribution in [0, 0.1) is 5.82 Å². The molecule has 0 spiro atoms. The normalized spacial score (nSPS) is 11.0. The van der Waals surface area contributed by atoms with Crippen molar-refractivity contribution >= 4 is 22.7 Å². The van der Waals surface area contributed by atoms with E-state index in [1.807, 2.05) is 20.8 Å². The molecule has 2 aromatic rings. The minimum absolute atomic E-state index is 0.00274. The van der Waals surface area contributed by atoms with E-state index in [0.29, 0.717) is 23.1 Å². The number of hydrogen-bond acceptors (Lipinski definition) is 2. The van der Waals surface area contributed by atoms with Crippen molar-refractivity contribution in [1.29, 1.82) is 0 Å². The van der Waals surface area contributed by atoms with Crippen molar-refractivity contribution < 1.29 is 14.0 Å². The summed E-state index contributed by atoms with van der Waals surface area (Å²) >= 11 is 0. The Labute approximate surface area is 128 Å². The number of halogens is 1. The molecule has 0 fully saturated rings. The van der Waals surface area contributed by atoms with Crippen LogP contribution in [0.5, 0.6) is 0 Å². The van der Waals surface area contributed by atoms with Crippen LogP contribution in [0.15, 0.2) is 24.3 Å². The molecule has 1 aromatic carbocycles. The Balaban J connectivity index is 2.17. The quantitative estimate of drug-likeness (QED) is 0.890. The average Bonchev–Trinajstić information content (AvgIpc) is 2.86. The molecule has 6 heteroatoms. The fourth-order valence-electron chi connectivity index (χ4n) is 2.26. The highest BCUT2D eigenvalue weighted by Gasteiger charge is 2.19. The fourth-order valence-corrected chi connectivity index (χ4v) is 2.26. The molecule has 0 aliphatic rings. The van der Waals surface area contributed by atoms with E-state index in [9.17, 15) is 14.0 Å². The molecule has 2 N–H and O–H groups in total. The Hall–Kier alpha value is -2.37. The van der Waals surface area contributed by atoms with Gasteiger partial charge in [0.25, 0.3) is 5.91 Å². The van der Waals surface area contributed by atoms with Crippen LogP contribution in [-0.4, -0.2) is 40.8 Å². The van der Waals surface area contributed by atoms with Gasteiger partial charge in [-0.1, -0.05) is 0 Å². The smallest absolute Gasteiger partial charge is 0.270 e. The molecule has 118 valence electrons. The highest BCUT2D eigenvalue weighted by molar-refractivity contribution is 5.99. The Kier molecular flexibility index (Phi) is 4.80. The van der Waals surface area contributed by atoms with Crippen LogP contribution >= 0.6 is 0 Å². The second kappa shape index (κ2) is 6.60. The van der Waals surface area contributed by atoms with Crippen molar-refractivity contribution in [2.24, 2.45) is 0 Å². The first-order valence-corrected chi connectivity index (χ1v) is 7.27. The number of likely N-dealkylation sites (N-methyl/N-ethyl adjacent to an activating group) is 1. The minimum atomic E-state index is -0.353. The second-order valence-electron chi connectivity index (χ2n) is 5.46. The van der Waals surface area contributed by atoms with E-state index in [0.717, 1.165) is 0 Å². The number of rotatable bonds is 5. The third-order valence-corrected chi connectivity index (χ3v) is 3.27. The van der Waals surface area contributed by atoms with Gasteiger partial charge in [0, 0.05) is 23.5 Å². The summed E-state index contributed by atoms with van der Waals surface area (Å²) in [6.07, 6.45) is 0. The molecule has 0 aliphatic carbocycles. The summed E-state index contributed by atoms with van der Waals surface area (Å²) in [6.45, 7) is 5.94. The number of carbonyl (C=O) groups is 2. The first-order chi connectivity index (χ1) is 10.4. The Morgan fingerprint density at radius 3 is 2.68 bits per heavy atom. The molecule has 0 radical (unpaired) electrons. The lowest BCUT2D eigenvalue weighted by Gasteiger charge is -2.20. The molecule has 2 rings (SSSR count). The summed E-state index contributed by atoms with van der Waals surface area (Å²) in [6, 6.07) is 5.91. The van der Waals surface area contributed by atoms with Gasteiger partial charge >= 0.3 is 0 Å². The Morgan fingerprint density at radius 2 is 2.05 bits per heavy atom. The minimum Gasteiger partial charge on any atom is -0.352 e. The zero-order chi connectivity index (χ0) is 16.3. The van der Waals surface area contributed by atoms with Crippen LogP contribution in [0.2, 0.25) is 0 Å². The van der Waals surface area contributed by atoms with Gasteiger partial charge in [-0.3, -0.25) is 9.59 Å². The van der Waals surface area contributed by atoms with Gasteiger partial charge in [-0.15, -0.1) is 0 Å². The fraction of sp³-hybridized carbons (Fsp3) is 0.375. The third-order valence-electron chi connectivity index (χ3n) is 3.27. The summed E-state index contributed by atoms with van der Waals surface area (Å²) < 4.78 is 13.2. The predicted octanol–water partition coefficient (Wildman–Crippen LogP) is 2.29. The highest BCUT2D eigenvalue weighted by atomic mass is 19.1. The molecular weight excluding hydrogens is 285 g/mol. The lowest BCUT2D eigenvalue weighted by molar-refractivity contribution is -0.122. The van der Waals surface area contributed by atoms with Gasteiger partial charge in [-0.2, -0.15) is 0 Å². The van der Waals surface area contributed by atoms with Gasteiger partial charge < -0.3 is 15.2 Å². The van der Waals surface area contributed by atoms with Crippen LogP contribution in [0.4, 0.5) is 4.39 Å². The second-order valence-corrected chi connectivity index (χ2v) is 5.46. The van der Waals surface area contributed by atoms with Crippen LogP contribution in [-0.2, 0) is 4.79 Å². The van der Waals surface area contributed by atoms with E-state index >= 15 is 0 Å². The molecule has 5 nitrogen and oxygen atoms in total. The maximum Gasteiger partial charge on any atom is 0.270 e. The number of aromatic nitrogens is 1. The number of nitrogens with one attached hydrogen (secondary N) is 2. The first kappa shape index (κ1) is 16.0. The van der Waals surface area contributed by atoms with Gasteiger partial charge in [-0.25, -0.2) is 4.39 Å². The summed E-state index contributed by atoms with van der Waals surface area (Å²) in [4.78, 5) is 28.7. The monoisotopic (exact) mass is 305 g/mol. The van der Waals surface area contributed by atoms with Gasteiger partial charge in [0.15, 0.2) is 0 Å². The predicted molar refractivity (Wildman–Crippen MR) is 83.1 cm³/mol. The van der Waals surface area contributed by atoms with Crippen molar-refractivity contribution in [3.8, 4) is 0 Å². The standard InChI is InChI=1S/C16H20FN3O2/c1-4-20(9-15(21)18-10(2)3)16(22)14-8-11-7-12(17)5-6-13(11)19-14/h5-8,10,19H,4,9H2,1-3H3,(H,18,21). The van der Waals surface area contributed by atoms with Crippen LogP contribution in [0.1, 0.15) is 31.3 Å². The Morgan fingerprint density at radius 1 is 1.32 bits per heavy atom. The van der Waals surface area contributed by atoms with Crippen molar-refractivity contribution in [3.63, 3.8) is 0 Å². The SMILES string of the molecule is CCN(CC(=O)NC(C)C)C(=O)c1cc2cc(F)ccc2[nH]1. The van der Waals surface area contributed by atoms with Gasteiger partial charge in [0.05, 0.1) is 6.54 Å². The van der Waals surface area contributed by atoms with Crippen molar-refractivity contribution in [1.82, 2.24) is 15.2 Å². The number of amides is 2. The van der Waals surface area contributed by atoms with E-state index in [1.165, 1.54) is 17.0 Å². The highest BCUT2D eigenvalue weighted by Crippen LogP contribution is 2.17. The molecule has 1 aromatic heterocycles. The lowest BCUT2D eigenvalue weighted by atomic mass is 10.2. The average molecular weight is 305 g/mol. The molecular formula is C16H20FN3O2. The number of aromatic amines is 1. The number of hydrogen-bond donors (Lipinski definition) is 2. The van der Waals surface area contributed by atoms with E-state index < -0.39 is 0 Å². The maximum absolute atomic E-state index is 13.2. The number of fused-ring (bicyclic) bond motifs is 1. The first-order valence-electron chi connectivity index (χ1n) is 7.27. The van der Waals surface area contributed by atoms with Crippen molar-refractivity contribution in [2.75, 3.05) is 13.1 Å². The molecule has 0 bridgehead atoms. The van der Waals surface area contributed by atoms with Crippen LogP contribution in [0.3, 0.4) is 0 Å². The third kappa shape index (κ3) is 3.63. The molecule has 2 amide bonds. The van der Waals surface area contributed by atoms with E-state index in [4.69, 9.17) is 0 Å².